The first-order valence-electron chi connectivity index (χ1n) is 10.4. The molecule has 0 amide bonds. The monoisotopic (exact) mass is 424 g/mol. The summed E-state index contributed by atoms with van der Waals surface area (Å²) < 4.78 is 5.46. The van der Waals surface area contributed by atoms with E-state index >= 15 is 0 Å². The number of aromatic nitrogens is 3. The Morgan fingerprint density at radius 3 is 2.43 bits per heavy atom. The molecule has 2 fully saturated rings. The summed E-state index contributed by atoms with van der Waals surface area (Å²) in [6.45, 7) is 8.88. The Labute approximate surface area is 181 Å². The molecule has 0 unspecified atom stereocenters. The van der Waals surface area contributed by atoms with Crippen molar-refractivity contribution in [2.45, 2.75) is 6.92 Å². The van der Waals surface area contributed by atoms with Crippen molar-refractivity contribution in [1.29, 1.82) is 0 Å². The van der Waals surface area contributed by atoms with E-state index in [1.165, 1.54) is 5.69 Å². The number of ether oxygens (including phenoxy) is 1. The summed E-state index contributed by atoms with van der Waals surface area (Å²) >= 11 is 6.14. The third-order valence-electron chi connectivity index (χ3n) is 5.75. The summed E-state index contributed by atoms with van der Waals surface area (Å²) in [7, 11) is 0. The van der Waals surface area contributed by atoms with E-state index in [2.05, 4.69) is 42.9 Å². The number of nitrogens with zero attached hydrogens (tertiary/aromatic N) is 6. The van der Waals surface area contributed by atoms with E-state index in [9.17, 15) is 0 Å². The SMILES string of the molecule is Cc1cc(N2CCN(c3ccnc4cc(Cl)ccc34)CC2)nc(N2CCOCC2)n1. The lowest BCUT2D eigenvalue weighted by molar-refractivity contribution is 0.122. The Bertz CT molecular complexity index is 1050. The third kappa shape index (κ3) is 3.87. The highest BCUT2D eigenvalue weighted by atomic mass is 35.5. The average molecular weight is 425 g/mol. The summed E-state index contributed by atoms with van der Waals surface area (Å²) in [5.74, 6) is 1.82. The van der Waals surface area contributed by atoms with Gasteiger partial charge in [-0.15, -0.1) is 0 Å². The second kappa shape index (κ2) is 8.24. The van der Waals surface area contributed by atoms with Crippen molar-refractivity contribution in [3.63, 3.8) is 0 Å². The van der Waals surface area contributed by atoms with E-state index in [4.69, 9.17) is 21.3 Å². The highest BCUT2D eigenvalue weighted by molar-refractivity contribution is 6.31. The van der Waals surface area contributed by atoms with Crippen molar-refractivity contribution in [3.05, 3.63) is 47.2 Å². The van der Waals surface area contributed by atoms with Crippen LogP contribution < -0.4 is 14.7 Å². The van der Waals surface area contributed by atoms with Gasteiger partial charge in [0.15, 0.2) is 0 Å². The number of hydrogen-bond acceptors (Lipinski definition) is 7. The standard InChI is InChI=1S/C22H25ClN6O/c1-16-14-21(26-22(25-16)29-10-12-30-13-11-29)28-8-6-27(7-9-28)20-4-5-24-19-15-17(23)2-3-18(19)20/h2-5,14-15H,6-13H2,1H3. The first-order chi connectivity index (χ1) is 14.7. The molecule has 30 heavy (non-hydrogen) atoms. The lowest BCUT2D eigenvalue weighted by atomic mass is 10.1. The van der Waals surface area contributed by atoms with Gasteiger partial charge in [0.05, 0.1) is 18.7 Å². The van der Waals surface area contributed by atoms with E-state index in [-0.39, 0.29) is 0 Å². The molecule has 0 spiro atoms. The summed E-state index contributed by atoms with van der Waals surface area (Å²) in [5, 5.41) is 1.86. The average Bonchev–Trinajstić information content (AvgIpc) is 2.79. The first kappa shape index (κ1) is 19.3. The van der Waals surface area contributed by atoms with Crippen molar-refractivity contribution in [3.8, 4) is 0 Å². The normalized spacial score (nSPS) is 17.6. The number of hydrogen-bond donors (Lipinski definition) is 0. The Balaban J connectivity index is 1.33. The quantitative estimate of drug-likeness (QED) is 0.640. The Morgan fingerprint density at radius 1 is 0.867 bits per heavy atom. The Hall–Kier alpha value is -2.64. The van der Waals surface area contributed by atoms with Gasteiger partial charge < -0.3 is 19.4 Å². The fourth-order valence-electron chi connectivity index (χ4n) is 4.16. The molecule has 7 nitrogen and oxygen atoms in total. The zero-order valence-electron chi connectivity index (χ0n) is 17.1. The van der Waals surface area contributed by atoms with E-state index in [1.807, 2.05) is 25.3 Å². The van der Waals surface area contributed by atoms with E-state index in [0.717, 1.165) is 80.8 Å². The minimum Gasteiger partial charge on any atom is -0.378 e. The molecule has 2 aliphatic heterocycles. The number of benzene rings is 1. The van der Waals surface area contributed by atoms with E-state index in [1.54, 1.807) is 0 Å². The van der Waals surface area contributed by atoms with Gasteiger partial charge in [-0.1, -0.05) is 11.6 Å². The molecule has 4 heterocycles. The zero-order chi connectivity index (χ0) is 20.5. The van der Waals surface area contributed by atoms with Gasteiger partial charge in [0.25, 0.3) is 0 Å². The summed E-state index contributed by atoms with van der Waals surface area (Å²) in [5.41, 5.74) is 3.15. The molecule has 2 aliphatic rings. The van der Waals surface area contributed by atoms with Crippen LogP contribution in [-0.4, -0.2) is 67.4 Å². The molecule has 5 rings (SSSR count). The predicted octanol–water partition coefficient (Wildman–Crippen LogP) is 3.15. The van der Waals surface area contributed by atoms with Gasteiger partial charge in [-0.2, -0.15) is 4.98 Å². The van der Waals surface area contributed by atoms with Gasteiger partial charge in [-0.05, 0) is 31.2 Å². The van der Waals surface area contributed by atoms with Crippen LogP contribution in [0.25, 0.3) is 10.9 Å². The topological polar surface area (TPSA) is 57.6 Å². The number of anilines is 3. The molecule has 0 bridgehead atoms. The van der Waals surface area contributed by atoms with Crippen LogP contribution in [0.3, 0.4) is 0 Å². The second-order valence-electron chi connectivity index (χ2n) is 7.73. The molecule has 3 aromatic rings. The lowest BCUT2D eigenvalue weighted by Gasteiger charge is -2.37. The number of halogens is 1. The number of aryl methyl sites for hydroxylation is 1. The molecule has 0 radical (unpaired) electrons. The molecule has 8 heteroatoms. The van der Waals surface area contributed by atoms with Crippen LogP contribution in [0.5, 0.6) is 0 Å². The molecule has 0 atom stereocenters. The first-order valence-corrected chi connectivity index (χ1v) is 10.8. The smallest absolute Gasteiger partial charge is 0.227 e. The number of fused-ring (bicyclic) bond motifs is 1. The molecular formula is C22H25ClN6O. The fraction of sp³-hybridized carbons (Fsp3) is 0.409. The maximum Gasteiger partial charge on any atom is 0.227 e. The molecule has 0 aliphatic carbocycles. The van der Waals surface area contributed by atoms with Gasteiger partial charge in [0.2, 0.25) is 5.95 Å². The summed E-state index contributed by atoms with van der Waals surface area (Å²) in [6.07, 6.45) is 1.86. The number of pyridine rings is 1. The van der Waals surface area contributed by atoms with Crippen LogP contribution in [0.1, 0.15) is 5.69 Å². The maximum atomic E-state index is 6.14. The Morgan fingerprint density at radius 2 is 1.63 bits per heavy atom. The Kier molecular flexibility index (Phi) is 5.31. The van der Waals surface area contributed by atoms with Gasteiger partial charge in [0.1, 0.15) is 5.82 Å². The summed E-state index contributed by atoms with van der Waals surface area (Å²) in [6, 6.07) is 10.1. The highest BCUT2D eigenvalue weighted by Gasteiger charge is 2.22. The van der Waals surface area contributed by atoms with Crippen LogP contribution in [0.2, 0.25) is 5.02 Å². The van der Waals surface area contributed by atoms with Gasteiger partial charge >= 0.3 is 0 Å². The maximum absolute atomic E-state index is 6.14. The van der Waals surface area contributed by atoms with E-state index in [0.29, 0.717) is 5.02 Å². The van der Waals surface area contributed by atoms with Gasteiger partial charge in [-0.3, -0.25) is 4.98 Å². The van der Waals surface area contributed by atoms with Crippen molar-refractivity contribution in [2.75, 3.05) is 67.2 Å². The molecule has 2 aromatic heterocycles. The zero-order valence-corrected chi connectivity index (χ0v) is 17.8. The van der Waals surface area contributed by atoms with Crippen molar-refractivity contribution < 1.29 is 4.74 Å². The van der Waals surface area contributed by atoms with Crippen molar-refractivity contribution in [1.82, 2.24) is 15.0 Å². The van der Waals surface area contributed by atoms with Crippen LogP contribution in [-0.2, 0) is 4.74 Å². The van der Waals surface area contributed by atoms with Crippen LogP contribution in [0.15, 0.2) is 36.5 Å². The second-order valence-corrected chi connectivity index (χ2v) is 8.17. The fourth-order valence-corrected chi connectivity index (χ4v) is 4.33. The van der Waals surface area contributed by atoms with Crippen molar-refractivity contribution in [2.24, 2.45) is 0 Å². The highest BCUT2D eigenvalue weighted by Crippen LogP contribution is 2.29. The van der Waals surface area contributed by atoms with Crippen LogP contribution in [0.4, 0.5) is 17.5 Å². The molecule has 1 aromatic carbocycles. The molecule has 0 saturated carbocycles. The number of morpholine rings is 1. The summed E-state index contributed by atoms with van der Waals surface area (Å²) in [4.78, 5) is 21.0. The largest absolute Gasteiger partial charge is 0.378 e. The predicted molar refractivity (Wildman–Crippen MR) is 121 cm³/mol. The van der Waals surface area contributed by atoms with Crippen LogP contribution >= 0.6 is 11.6 Å². The van der Waals surface area contributed by atoms with Crippen LogP contribution in [0, 0.1) is 6.92 Å². The van der Waals surface area contributed by atoms with Gasteiger partial charge in [0, 0.05) is 73.3 Å². The van der Waals surface area contributed by atoms with E-state index < -0.39 is 0 Å². The number of piperazine rings is 1. The minimum atomic E-state index is 0.715. The minimum absolute atomic E-state index is 0.715. The number of rotatable bonds is 3. The molecular weight excluding hydrogens is 400 g/mol. The van der Waals surface area contributed by atoms with Gasteiger partial charge in [-0.25, -0.2) is 4.98 Å². The third-order valence-corrected chi connectivity index (χ3v) is 5.98. The van der Waals surface area contributed by atoms with Crippen molar-refractivity contribution >= 4 is 40.0 Å². The molecule has 0 N–H and O–H groups in total. The molecule has 156 valence electrons. The lowest BCUT2D eigenvalue weighted by Crippen LogP contribution is -2.47. The molecule has 2 saturated heterocycles.